The number of carbonyl (C=O) groups is 1. The van der Waals surface area contributed by atoms with Gasteiger partial charge in [0.25, 0.3) is 0 Å². The molecule has 1 aliphatic rings. The molecule has 6 heteroatoms. The van der Waals surface area contributed by atoms with Crippen molar-refractivity contribution in [1.82, 2.24) is 0 Å². The number of ether oxygens (including phenoxy) is 1. The number of carbonyl (C=O) groups excluding carboxylic acids is 1. The maximum absolute atomic E-state index is 11.0. The zero-order chi connectivity index (χ0) is 9.30. The molecule has 0 saturated carbocycles. The van der Waals surface area contributed by atoms with E-state index in [2.05, 4.69) is 0 Å². The number of hydrogen-bond donors (Lipinski definition) is 2. The topological polar surface area (TPSA) is 66.8 Å². The fraction of sp³-hybridized carbons (Fsp3) is 0.833. The average Bonchev–Trinajstić information content (AvgIpc) is 2.25. The lowest BCUT2D eigenvalue weighted by Gasteiger charge is -2.12. The molecule has 0 aliphatic carbocycles. The van der Waals surface area contributed by atoms with E-state index >= 15 is 0 Å². The highest BCUT2D eigenvalue weighted by atomic mass is 127. The minimum atomic E-state index is -0.866. The van der Waals surface area contributed by atoms with Crippen molar-refractivity contribution in [1.29, 1.82) is 0 Å². The van der Waals surface area contributed by atoms with Gasteiger partial charge >= 0.3 is 0 Å². The molecule has 0 aromatic rings. The first kappa shape index (κ1) is 10.4. The normalized spacial score (nSPS) is 41.6. The van der Waals surface area contributed by atoms with Gasteiger partial charge in [-0.15, -0.1) is 0 Å². The van der Waals surface area contributed by atoms with Crippen molar-refractivity contribution in [2.75, 3.05) is 6.61 Å². The lowest BCUT2D eigenvalue weighted by atomic mass is 9.86. The highest BCUT2D eigenvalue weighted by Gasteiger charge is 2.43. The first-order chi connectivity index (χ1) is 5.57. The van der Waals surface area contributed by atoms with E-state index in [9.17, 15) is 9.90 Å². The zero-order valence-corrected chi connectivity index (χ0v) is 8.76. The predicted octanol–water partition coefficient (Wildman–Crippen LogP) is -1.72. The maximum atomic E-state index is 11.0. The summed E-state index contributed by atoms with van der Waals surface area (Å²) >= 11 is 1.64. The van der Waals surface area contributed by atoms with Crippen molar-refractivity contribution in [3.8, 4) is 0 Å². The third-order valence-electron chi connectivity index (χ3n) is 2.09. The summed E-state index contributed by atoms with van der Waals surface area (Å²) in [6.07, 6.45) is -1.47. The standard InChI is InChI=1S/C6H10BIO4/c7-5-3(6(8)11)4(10)2(1-9)12-5/h2-5,9-10H,1,7H2/t2-,3-,4-,5-/m1/s1. The molecule has 0 unspecified atom stereocenters. The van der Waals surface area contributed by atoms with Gasteiger partial charge in [0.15, 0.2) is 3.79 Å². The van der Waals surface area contributed by atoms with E-state index in [0.717, 1.165) is 0 Å². The van der Waals surface area contributed by atoms with E-state index in [1.807, 2.05) is 0 Å². The average molecular weight is 284 g/mol. The van der Waals surface area contributed by atoms with Gasteiger partial charge in [0, 0.05) is 28.6 Å². The van der Waals surface area contributed by atoms with Crippen LogP contribution in [-0.2, 0) is 9.53 Å². The monoisotopic (exact) mass is 284 g/mol. The maximum Gasteiger partial charge on any atom is 0.199 e. The van der Waals surface area contributed by atoms with E-state index in [4.69, 9.17) is 9.84 Å². The van der Waals surface area contributed by atoms with Crippen LogP contribution >= 0.6 is 22.6 Å². The van der Waals surface area contributed by atoms with Crippen LogP contribution in [0.5, 0.6) is 0 Å². The Labute approximate surface area is 84.8 Å². The van der Waals surface area contributed by atoms with Gasteiger partial charge in [-0.1, -0.05) is 0 Å². The third kappa shape index (κ3) is 1.81. The molecule has 1 saturated heterocycles. The molecule has 0 spiro atoms. The van der Waals surface area contributed by atoms with Crippen LogP contribution in [-0.4, -0.2) is 46.7 Å². The van der Waals surface area contributed by atoms with Gasteiger partial charge in [0.05, 0.1) is 18.6 Å². The molecule has 0 aromatic heterocycles. The molecule has 2 N–H and O–H groups in total. The SMILES string of the molecule is B[C@@H]1O[C@H](CO)[C@@H](O)[C@H]1C(=O)I. The Bertz CT molecular complexity index is 188. The Balaban J connectivity index is 2.70. The van der Waals surface area contributed by atoms with Crippen molar-refractivity contribution in [3.63, 3.8) is 0 Å². The lowest BCUT2D eigenvalue weighted by molar-refractivity contribution is -0.115. The summed E-state index contributed by atoms with van der Waals surface area (Å²) in [4.78, 5) is 11.0. The summed E-state index contributed by atoms with van der Waals surface area (Å²) < 4.78 is 5.05. The predicted molar refractivity (Wildman–Crippen MR) is 52.8 cm³/mol. The zero-order valence-electron chi connectivity index (χ0n) is 6.61. The minimum absolute atomic E-state index is 0.122. The van der Waals surface area contributed by atoms with Crippen molar-refractivity contribution in [2.24, 2.45) is 5.92 Å². The molecule has 68 valence electrons. The van der Waals surface area contributed by atoms with Gasteiger partial charge in [-0.25, -0.2) is 0 Å². The Kier molecular flexibility index (Phi) is 3.51. The second-order valence-corrected chi connectivity index (χ2v) is 3.95. The van der Waals surface area contributed by atoms with E-state index < -0.39 is 18.1 Å². The second-order valence-electron chi connectivity index (χ2n) is 2.88. The van der Waals surface area contributed by atoms with Gasteiger partial charge in [0.2, 0.25) is 0 Å². The molecule has 1 heterocycles. The number of rotatable bonds is 2. The highest BCUT2D eigenvalue weighted by Crippen LogP contribution is 2.27. The quantitative estimate of drug-likeness (QED) is 0.359. The molecule has 0 aromatic carbocycles. The molecular weight excluding hydrogens is 274 g/mol. The largest absolute Gasteiger partial charge is 0.394 e. The molecule has 0 amide bonds. The van der Waals surface area contributed by atoms with Gasteiger partial charge in [-0.05, 0) is 0 Å². The minimum Gasteiger partial charge on any atom is -0.394 e. The Morgan fingerprint density at radius 2 is 2.25 bits per heavy atom. The Morgan fingerprint density at radius 1 is 1.67 bits per heavy atom. The second kappa shape index (κ2) is 4.04. The van der Waals surface area contributed by atoms with Crippen LogP contribution in [0.4, 0.5) is 0 Å². The number of aliphatic hydroxyl groups excluding tert-OH is 2. The molecule has 4 nitrogen and oxygen atoms in total. The van der Waals surface area contributed by atoms with Crippen molar-refractivity contribution >= 4 is 34.2 Å². The molecule has 0 bridgehead atoms. The van der Waals surface area contributed by atoms with Crippen LogP contribution in [0.1, 0.15) is 0 Å². The number of aliphatic hydroxyl groups is 2. The van der Waals surface area contributed by atoms with E-state index in [1.54, 1.807) is 30.4 Å². The summed E-state index contributed by atoms with van der Waals surface area (Å²) in [7, 11) is 1.72. The van der Waals surface area contributed by atoms with Crippen LogP contribution in [0, 0.1) is 5.92 Å². The lowest BCUT2D eigenvalue weighted by Crippen LogP contribution is -2.33. The van der Waals surface area contributed by atoms with Crippen LogP contribution in [0.3, 0.4) is 0 Å². The summed E-state index contributed by atoms with van der Waals surface area (Å²) in [6, 6.07) is -0.304. The molecule has 1 fully saturated rings. The molecule has 1 rings (SSSR count). The Morgan fingerprint density at radius 3 is 2.50 bits per heavy atom. The van der Waals surface area contributed by atoms with E-state index in [-0.39, 0.29) is 16.4 Å². The van der Waals surface area contributed by atoms with Gasteiger partial charge in [0.1, 0.15) is 14.0 Å². The molecular formula is C6H10BIO4. The van der Waals surface area contributed by atoms with E-state index in [1.165, 1.54) is 0 Å². The van der Waals surface area contributed by atoms with Crippen LogP contribution in [0.15, 0.2) is 0 Å². The highest BCUT2D eigenvalue weighted by molar-refractivity contribution is 14.1. The third-order valence-corrected chi connectivity index (χ3v) is 2.81. The van der Waals surface area contributed by atoms with Gasteiger partial charge in [-0.2, -0.15) is 0 Å². The smallest absolute Gasteiger partial charge is 0.199 e. The van der Waals surface area contributed by atoms with Crippen molar-refractivity contribution in [3.05, 3.63) is 0 Å². The molecule has 12 heavy (non-hydrogen) atoms. The number of hydrogen-bond acceptors (Lipinski definition) is 4. The fourth-order valence-electron chi connectivity index (χ4n) is 1.42. The summed E-state index contributed by atoms with van der Waals surface area (Å²) in [5, 5.41) is 18.2. The van der Waals surface area contributed by atoms with Gasteiger partial charge in [-0.3, -0.25) is 4.79 Å². The van der Waals surface area contributed by atoms with Crippen molar-refractivity contribution < 1.29 is 19.7 Å². The molecule has 4 atom stereocenters. The molecule has 1 aliphatic heterocycles. The molecule has 0 radical (unpaired) electrons. The van der Waals surface area contributed by atoms with Crippen molar-refractivity contribution in [2.45, 2.75) is 18.2 Å². The Hall–Kier alpha value is 0.345. The van der Waals surface area contributed by atoms with Crippen LogP contribution in [0.25, 0.3) is 0 Å². The van der Waals surface area contributed by atoms with Crippen LogP contribution < -0.4 is 0 Å². The first-order valence-electron chi connectivity index (χ1n) is 3.71. The fourth-order valence-corrected chi connectivity index (χ4v) is 2.29. The van der Waals surface area contributed by atoms with Crippen LogP contribution in [0.2, 0.25) is 0 Å². The van der Waals surface area contributed by atoms with E-state index in [0.29, 0.717) is 0 Å². The summed E-state index contributed by atoms with van der Waals surface area (Å²) in [5.41, 5.74) is 0. The first-order valence-corrected chi connectivity index (χ1v) is 4.79. The summed E-state index contributed by atoms with van der Waals surface area (Å²) in [5.74, 6) is -0.497. The van der Waals surface area contributed by atoms with Gasteiger partial charge < -0.3 is 14.9 Å². The summed E-state index contributed by atoms with van der Waals surface area (Å²) in [6.45, 7) is -0.244. The number of halogens is 1.